The van der Waals surface area contributed by atoms with Gasteiger partial charge in [0.2, 0.25) is 0 Å². The molecule has 8 rings (SSSR count). The molecular weight excluding hydrogens is 519 g/mol. The van der Waals surface area contributed by atoms with Gasteiger partial charge >= 0.3 is 0 Å². The molecule has 194 valence electrons. The van der Waals surface area contributed by atoms with Gasteiger partial charge in [0.15, 0.2) is 7.14 Å². The quantitative estimate of drug-likeness (QED) is 0.163. The highest BCUT2D eigenvalue weighted by Crippen LogP contribution is 2.44. The molecule has 0 atom stereocenters. The second-order valence-electron chi connectivity index (χ2n) is 10.5. The predicted octanol–water partition coefficient (Wildman–Crippen LogP) is 9.20. The fourth-order valence-corrected chi connectivity index (χ4v) is 8.82. The SMILES string of the molecule is O=P(c1ccccc1)(c1ccccc1)c1ccc2oc3ccc(-c4cc5ccccc5c5ccccc45)cc3c2c1. The molecule has 0 N–H and O–H groups in total. The van der Waals surface area contributed by atoms with Crippen LogP contribution in [0.1, 0.15) is 0 Å². The molecule has 1 heterocycles. The molecular formula is C38H25O2P. The highest BCUT2D eigenvalue weighted by molar-refractivity contribution is 7.85. The van der Waals surface area contributed by atoms with Crippen molar-refractivity contribution >= 4 is 66.5 Å². The van der Waals surface area contributed by atoms with Gasteiger partial charge in [0.1, 0.15) is 11.2 Å². The van der Waals surface area contributed by atoms with Crippen LogP contribution in [0, 0.1) is 0 Å². The van der Waals surface area contributed by atoms with Crippen LogP contribution in [-0.4, -0.2) is 0 Å². The topological polar surface area (TPSA) is 30.2 Å². The van der Waals surface area contributed by atoms with Gasteiger partial charge in [-0.3, -0.25) is 0 Å². The van der Waals surface area contributed by atoms with Crippen LogP contribution in [0.4, 0.5) is 0 Å². The molecule has 8 aromatic rings. The van der Waals surface area contributed by atoms with E-state index < -0.39 is 7.14 Å². The van der Waals surface area contributed by atoms with E-state index >= 15 is 4.57 Å². The van der Waals surface area contributed by atoms with Crippen molar-refractivity contribution in [2.45, 2.75) is 0 Å². The molecule has 0 spiro atoms. The molecule has 0 aliphatic heterocycles. The minimum absolute atomic E-state index is 0.789. The van der Waals surface area contributed by atoms with E-state index in [9.17, 15) is 0 Å². The summed E-state index contributed by atoms with van der Waals surface area (Å²) in [5.41, 5.74) is 3.92. The molecule has 0 saturated carbocycles. The number of benzene rings is 7. The first kappa shape index (κ1) is 23.9. The third-order valence-corrected chi connectivity index (χ3v) is 11.2. The molecule has 0 aliphatic rings. The number of furan rings is 1. The molecule has 3 heteroatoms. The van der Waals surface area contributed by atoms with Crippen LogP contribution in [0.5, 0.6) is 0 Å². The van der Waals surface area contributed by atoms with Crippen molar-refractivity contribution in [2.24, 2.45) is 0 Å². The number of hydrogen-bond donors (Lipinski definition) is 0. The average Bonchev–Trinajstić information content (AvgIpc) is 3.42. The lowest BCUT2D eigenvalue weighted by Gasteiger charge is -2.20. The normalized spacial score (nSPS) is 12.0. The van der Waals surface area contributed by atoms with Crippen LogP contribution in [0.15, 0.2) is 156 Å². The first-order valence-electron chi connectivity index (χ1n) is 13.8. The van der Waals surface area contributed by atoms with Crippen molar-refractivity contribution in [3.8, 4) is 11.1 Å². The summed E-state index contributed by atoms with van der Waals surface area (Å²) in [6, 6.07) is 51.5. The Labute approximate surface area is 237 Å². The predicted molar refractivity (Wildman–Crippen MR) is 174 cm³/mol. The van der Waals surface area contributed by atoms with Crippen molar-refractivity contribution in [3.63, 3.8) is 0 Å². The summed E-state index contributed by atoms with van der Waals surface area (Å²) in [4.78, 5) is 0. The first-order valence-corrected chi connectivity index (χ1v) is 15.5. The van der Waals surface area contributed by atoms with E-state index in [1.165, 1.54) is 27.1 Å². The van der Waals surface area contributed by atoms with Crippen LogP contribution < -0.4 is 15.9 Å². The maximum Gasteiger partial charge on any atom is 0.171 e. The third kappa shape index (κ3) is 3.76. The molecule has 2 nitrogen and oxygen atoms in total. The van der Waals surface area contributed by atoms with Crippen LogP contribution in [0.25, 0.3) is 54.6 Å². The van der Waals surface area contributed by atoms with Gasteiger partial charge in [-0.2, -0.15) is 0 Å². The van der Waals surface area contributed by atoms with Gasteiger partial charge in [0.05, 0.1) is 0 Å². The molecule has 0 fully saturated rings. The van der Waals surface area contributed by atoms with Gasteiger partial charge in [-0.25, -0.2) is 0 Å². The van der Waals surface area contributed by atoms with E-state index in [1.54, 1.807) is 0 Å². The third-order valence-electron chi connectivity index (χ3n) is 8.14. The summed E-state index contributed by atoms with van der Waals surface area (Å²) in [5, 5.41) is 9.36. The lowest BCUT2D eigenvalue weighted by Crippen LogP contribution is -2.24. The summed E-state index contributed by atoms with van der Waals surface area (Å²) >= 11 is 0. The van der Waals surface area contributed by atoms with E-state index in [-0.39, 0.29) is 0 Å². The van der Waals surface area contributed by atoms with Crippen LogP contribution in [-0.2, 0) is 4.57 Å². The van der Waals surface area contributed by atoms with Gasteiger partial charge in [-0.1, -0.05) is 115 Å². The molecule has 0 saturated heterocycles. The highest BCUT2D eigenvalue weighted by Gasteiger charge is 2.30. The van der Waals surface area contributed by atoms with E-state index in [0.29, 0.717) is 0 Å². The number of rotatable bonds is 4. The van der Waals surface area contributed by atoms with Gasteiger partial charge in [-0.15, -0.1) is 0 Å². The Morgan fingerprint density at radius 1 is 0.415 bits per heavy atom. The van der Waals surface area contributed by atoms with E-state index in [4.69, 9.17) is 4.42 Å². The first-order chi connectivity index (χ1) is 20.2. The summed E-state index contributed by atoms with van der Waals surface area (Å²) in [6.07, 6.45) is 0. The second kappa shape index (κ2) is 9.34. The largest absolute Gasteiger partial charge is 0.456 e. The molecule has 0 radical (unpaired) electrons. The second-order valence-corrected chi connectivity index (χ2v) is 13.2. The van der Waals surface area contributed by atoms with Gasteiger partial charge < -0.3 is 8.98 Å². The monoisotopic (exact) mass is 544 g/mol. The van der Waals surface area contributed by atoms with Crippen LogP contribution >= 0.6 is 7.14 Å². The Morgan fingerprint density at radius 3 is 1.68 bits per heavy atom. The zero-order valence-corrected chi connectivity index (χ0v) is 23.1. The smallest absolute Gasteiger partial charge is 0.171 e. The van der Waals surface area contributed by atoms with E-state index in [1.807, 2.05) is 72.8 Å². The zero-order valence-electron chi connectivity index (χ0n) is 22.2. The van der Waals surface area contributed by atoms with Crippen molar-refractivity contribution in [1.29, 1.82) is 0 Å². The van der Waals surface area contributed by atoms with Crippen molar-refractivity contribution < 1.29 is 8.98 Å². The summed E-state index contributed by atoms with van der Waals surface area (Å²) < 4.78 is 21.3. The minimum Gasteiger partial charge on any atom is -0.456 e. The summed E-state index contributed by atoms with van der Waals surface area (Å²) in [7, 11) is -3.11. The van der Waals surface area contributed by atoms with Gasteiger partial charge in [-0.05, 0) is 69.1 Å². The Hall–Kier alpha value is -4.91. The zero-order chi connectivity index (χ0) is 27.4. The summed E-state index contributed by atoms with van der Waals surface area (Å²) in [6.45, 7) is 0. The van der Waals surface area contributed by atoms with Gasteiger partial charge in [0, 0.05) is 26.7 Å². The molecule has 0 amide bonds. The van der Waals surface area contributed by atoms with E-state index in [0.717, 1.165) is 43.4 Å². The maximum atomic E-state index is 15.0. The molecule has 7 aromatic carbocycles. The average molecular weight is 545 g/mol. The molecule has 0 bridgehead atoms. The van der Waals surface area contributed by atoms with Crippen LogP contribution in [0.3, 0.4) is 0 Å². The lowest BCUT2D eigenvalue weighted by atomic mass is 9.93. The fraction of sp³-hybridized carbons (Fsp3) is 0. The Bertz CT molecular complexity index is 2240. The van der Waals surface area contributed by atoms with E-state index in [2.05, 4.69) is 78.9 Å². The van der Waals surface area contributed by atoms with Crippen molar-refractivity contribution in [1.82, 2.24) is 0 Å². The van der Waals surface area contributed by atoms with Crippen molar-refractivity contribution in [2.75, 3.05) is 0 Å². The fourth-order valence-electron chi connectivity index (χ4n) is 6.14. The molecule has 0 unspecified atom stereocenters. The minimum atomic E-state index is -3.11. The Balaban J connectivity index is 1.37. The number of fused-ring (bicyclic) bond motifs is 6. The lowest BCUT2D eigenvalue weighted by molar-refractivity contribution is 0.592. The van der Waals surface area contributed by atoms with Gasteiger partial charge in [0.25, 0.3) is 0 Å². The van der Waals surface area contributed by atoms with Crippen molar-refractivity contribution in [3.05, 3.63) is 152 Å². The number of hydrogen-bond acceptors (Lipinski definition) is 2. The van der Waals surface area contributed by atoms with Crippen LogP contribution in [0.2, 0.25) is 0 Å². The summed E-state index contributed by atoms with van der Waals surface area (Å²) in [5.74, 6) is 0. The maximum absolute atomic E-state index is 15.0. The standard InChI is InChI=1S/C38H25O2P/c39-41(28-12-3-1-4-13-28,29-14-5-2-6-15-29)30-20-22-38-36(25-30)35-24-27(19-21-37(35)40-38)34-23-26-11-7-8-16-31(26)32-17-9-10-18-33(32)34/h1-25H. The molecule has 41 heavy (non-hydrogen) atoms. The highest BCUT2D eigenvalue weighted by atomic mass is 31.2. The Morgan fingerprint density at radius 2 is 0.976 bits per heavy atom. The molecule has 0 aliphatic carbocycles. The molecule has 1 aromatic heterocycles. The Kier molecular flexibility index (Phi) is 5.45.